The smallest absolute Gasteiger partial charge is 0.329 e. The lowest BCUT2D eigenvalue weighted by Crippen LogP contribution is -2.42. The monoisotopic (exact) mass is 419 g/mol. The predicted molar refractivity (Wildman–Crippen MR) is 105 cm³/mol. The molecule has 0 aliphatic heterocycles. The highest BCUT2D eigenvalue weighted by molar-refractivity contribution is 7.89. The fourth-order valence-corrected chi connectivity index (χ4v) is 2.81. The Morgan fingerprint density at radius 2 is 1.66 bits per heavy atom. The summed E-state index contributed by atoms with van der Waals surface area (Å²) in [6.45, 7) is 2.78. The lowest BCUT2D eigenvalue weighted by Gasteiger charge is -2.17. The van der Waals surface area contributed by atoms with Crippen molar-refractivity contribution in [3.8, 4) is 0 Å². The van der Waals surface area contributed by atoms with Crippen LogP contribution in [0, 0.1) is 0 Å². The van der Waals surface area contributed by atoms with E-state index in [1.807, 2.05) is 0 Å². The van der Waals surface area contributed by atoms with Crippen LogP contribution in [0.4, 0.5) is 5.69 Å². The van der Waals surface area contributed by atoms with Gasteiger partial charge in [0.15, 0.2) is 6.10 Å². The van der Waals surface area contributed by atoms with E-state index in [1.165, 1.54) is 38.1 Å². The van der Waals surface area contributed by atoms with Gasteiger partial charge in [-0.05, 0) is 44.2 Å². The lowest BCUT2D eigenvalue weighted by atomic mass is 10.2. The summed E-state index contributed by atoms with van der Waals surface area (Å²) in [6, 6.07) is 12.7. The predicted octanol–water partition coefficient (Wildman–Crippen LogP) is 1.02. The number of nitrogens with one attached hydrogen (secondary N) is 2. The second-order valence-electron chi connectivity index (χ2n) is 6.20. The van der Waals surface area contributed by atoms with Crippen molar-refractivity contribution in [2.45, 2.75) is 30.9 Å². The van der Waals surface area contributed by atoms with Gasteiger partial charge in [0.05, 0.1) is 4.90 Å². The first-order valence-corrected chi connectivity index (χ1v) is 10.1. The molecule has 2 amide bonds. The Morgan fingerprint density at radius 1 is 1.00 bits per heavy atom. The van der Waals surface area contributed by atoms with Crippen LogP contribution in [0.3, 0.4) is 0 Å². The van der Waals surface area contributed by atoms with E-state index >= 15 is 0 Å². The van der Waals surface area contributed by atoms with E-state index in [1.54, 1.807) is 30.3 Å². The Morgan fingerprint density at radius 3 is 2.28 bits per heavy atom. The van der Waals surface area contributed by atoms with Gasteiger partial charge in [0, 0.05) is 11.3 Å². The molecule has 2 atom stereocenters. The van der Waals surface area contributed by atoms with Gasteiger partial charge < -0.3 is 15.4 Å². The van der Waals surface area contributed by atoms with Gasteiger partial charge in [-0.1, -0.05) is 24.3 Å². The molecule has 9 nitrogen and oxygen atoms in total. The summed E-state index contributed by atoms with van der Waals surface area (Å²) in [7, 11) is -3.92. The maximum Gasteiger partial charge on any atom is 0.329 e. The van der Waals surface area contributed by atoms with Gasteiger partial charge >= 0.3 is 5.97 Å². The molecule has 0 aromatic heterocycles. The topological polar surface area (TPSA) is 145 Å². The molecule has 2 aromatic carbocycles. The minimum absolute atomic E-state index is 0.169. The lowest BCUT2D eigenvalue weighted by molar-refractivity contribution is -0.154. The molecule has 10 heteroatoms. The fraction of sp³-hybridized carbons (Fsp3) is 0.211. The van der Waals surface area contributed by atoms with Gasteiger partial charge in [-0.15, -0.1) is 0 Å². The number of carbonyl (C=O) groups is 3. The van der Waals surface area contributed by atoms with Crippen molar-refractivity contribution in [2.24, 2.45) is 5.14 Å². The van der Waals surface area contributed by atoms with E-state index in [9.17, 15) is 22.8 Å². The molecule has 29 heavy (non-hydrogen) atoms. The molecule has 1 unspecified atom stereocenters. The number of anilines is 1. The average Bonchev–Trinajstić information content (AvgIpc) is 2.68. The number of nitrogens with two attached hydrogens (primary N) is 1. The number of carbonyl (C=O) groups excluding carboxylic acids is 3. The minimum atomic E-state index is -3.92. The van der Waals surface area contributed by atoms with Crippen LogP contribution in [0.25, 0.3) is 0 Å². The highest BCUT2D eigenvalue weighted by atomic mass is 32.2. The van der Waals surface area contributed by atoms with Crippen LogP contribution < -0.4 is 15.8 Å². The maximum absolute atomic E-state index is 12.2. The molecule has 4 N–H and O–H groups in total. The number of sulfonamides is 1. The summed E-state index contributed by atoms with van der Waals surface area (Å²) in [6.07, 6.45) is -1.18. The van der Waals surface area contributed by atoms with Crippen molar-refractivity contribution < 1.29 is 27.5 Å². The Balaban J connectivity index is 1.93. The van der Waals surface area contributed by atoms with Crippen LogP contribution in [0.15, 0.2) is 59.5 Å². The molecule has 0 aliphatic rings. The average molecular weight is 419 g/mol. The number of benzene rings is 2. The summed E-state index contributed by atoms with van der Waals surface area (Å²) in [5.74, 6) is -1.92. The molecule has 0 fully saturated rings. The van der Waals surface area contributed by atoms with Crippen molar-refractivity contribution in [3.05, 3.63) is 60.2 Å². The number of ether oxygens (including phenoxy) is 1. The van der Waals surface area contributed by atoms with Crippen LogP contribution in [0.5, 0.6) is 0 Å². The number of rotatable bonds is 7. The van der Waals surface area contributed by atoms with Crippen LogP contribution in [0.2, 0.25) is 0 Å². The summed E-state index contributed by atoms with van der Waals surface area (Å²) in [5, 5.41) is 9.98. The van der Waals surface area contributed by atoms with Crippen LogP contribution >= 0.6 is 0 Å². The van der Waals surface area contributed by atoms with Crippen LogP contribution in [-0.4, -0.2) is 38.3 Å². The highest BCUT2D eigenvalue weighted by Crippen LogP contribution is 2.14. The second-order valence-corrected chi connectivity index (χ2v) is 7.76. The van der Waals surface area contributed by atoms with Gasteiger partial charge in [0.25, 0.3) is 11.8 Å². The van der Waals surface area contributed by atoms with Crippen molar-refractivity contribution in [2.75, 3.05) is 5.32 Å². The van der Waals surface area contributed by atoms with Crippen LogP contribution in [-0.2, 0) is 24.3 Å². The van der Waals surface area contributed by atoms with Gasteiger partial charge in [-0.25, -0.2) is 18.4 Å². The molecule has 2 aromatic rings. The highest BCUT2D eigenvalue weighted by Gasteiger charge is 2.24. The van der Waals surface area contributed by atoms with E-state index in [2.05, 4.69) is 10.6 Å². The van der Waals surface area contributed by atoms with Crippen LogP contribution in [0.1, 0.15) is 24.2 Å². The molecule has 0 saturated heterocycles. The first-order valence-electron chi connectivity index (χ1n) is 8.58. The largest absolute Gasteiger partial charge is 0.451 e. The number of esters is 1. The quantitative estimate of drug-likeness (QED) is 0.572. The maximum atomic E-state index is 12.2. The van der Waals surface area contributed by atoms with Crippen molar-refractivity contribution in [1.82, 2.24) is 5.32 Å². The molecule has 0 heterocycles. The van der Waals surface area contributed by atoms with Crippen molar-refractivity contribution >= 4 is 33.5 Å². The minimum Gasteiger partial charge on any atom is -0.451 e. The summed E-state index contributed by atoms with van der Waals surface area (Å²) in [4.78, 5) is 36.3. The standard InChI is InChI=1S/C19H21N3O6S/c1-12(21-18(24)14-7-4-3-5-8-14)19(25)28-13(2)17(23)22-15-9-6-10-16(11-15)29(20,26)27/h3-13H,1-2H3,(H,21,24)(H,22,23)(H2,20,26,27)/t12-,13?/m0/s1. The molecule has 0 saturated carbocycles. The number of hydrogen-bond acceptors (Lipinski definition) is 6. The Labute approximate surface area is 168 Å². The molecule has 0 aliphatic carbocycles. The molecule has 0 bridgehead atoms. The van der Waals surface area contributed by atoms with E-state index in [4.69, 9.17) is 9.88 Å². The summed E-state index contributed by atoms with van der Waals surface area (Å²) >= 11 is 0. The Hall–Kier alpha value is -3.24. The zero-order valence-electron chi connectivity index (χ0n) is 15.8. The first kappa shape index (κ1) is 22.1. The number of amides is 2. The molecule has 154 valence electrons. The van der Waals surface area contributed by atoms with Gasteiger partial charge in [-0.2, -0.15) is 0 Å². The second kappa shape index (κ2) is 9.30. The molecular weight excluding hydrogens is 398 g/mol. The Kier molecular flexibility index (Phi) is 7.08. The first-order chi connectivity index (χ1) is 13.6. The fourth-order valence-electron chi connectivity index (χ4n) is 2.25. The number of hydrogen-bond donors (Lipinski definition) is 3. The third-order valence-electron chi connectivity index (χ3n) is 3.83. The van der Waals surface area contributed by atoms with Gasteiger partial charge in [0.1, 0.15) is 6.04 Å². The molecule has 2 rings (SSSR count). The number of primary sulfonamides is 1. The van der Waals surface area contributed by atoms with Gasteiger partial charge in [-0.3, -0.25) is 9.59 Å². The third kappa shape index (κ3) is 6.40. The Bertz CT molecular complexity index is 1010. The SMILES string of the molecule is CC(OC(=O)[C@H](C)NC(=O)c1ccccc1)C(=O)Nc1cccc(S(N)(=O)=O)c1. The molecule has 0 spiro atoms. The summed E-state index contributed by atoms with van der Waals surface area (Å²) in [5.41, 5.74) is 0.558. The third-order valence-corrected chi connectivity index (χ3v) is 4.74. The molecule has 0 radical (unpaired) electrons. The molecular formula is C19H21N3O6S. The summed E-state index contributed by atoms with van der Waals surface area (Å²) < 4.78 is 27.8. The van der Waals surface area contributed by atoms with Crippen molar-refractivity contribution in [1.29, 1.82) is 0 Å². The van der Waals surface area contributed by atoms with E-state index < -0.39 is 40.0 Å². The normalized spacial score (nSPS) is 13.1. The zero-order chi connectivity index (χ0) is 21.6. The zero-order valence-corrected chi connectivity index (χ0v) is 16.6. The van der Waals surface area contributed by atoms with E-state index in [0.717, 1.165) is 0 Å². The van der Waals surface area contributed by atoms with E-state index in [0.29, 0.717) is 5.56 Å². The van der Waals surface area contributed by atoms with Crippen molar-refractivity contribution in [3.63, 3.8) is 0 Å². The van der Waals surface area contributed by atoms with E-state index in [-0.39, 0.29) is 10.6 Å². The van der Waals surface area contributed by atoms with Gasteiger partial charge in [0.2, 0.25) is 10.0 Å².